The molecular weight excluding hydrogens is 239 g/mol. The zero-order valence-electron chi connectivity index (χ0n) is 10.7. The van der Waals surface area contributed by atoms with Crippen molar-refractivity contribution >= 4 is 5.69 Å². The van der Waals surface area contributed by atoms with Crippen LogP contribution in [-0.2, 0) is 0 Å². The van der Waals surface area contributed by atoms with E-state index < -0.39 is 12.1 Å². The van der Waals surface area contributed by atoms with Gasteiger partial charge in [-0.3, -0.25) is 0 Å². The average Bonchev–Trinajstić information content (AvgIpc) is 2.78. The third-order valence-corrected chi connectivity index (χ3v) is 3.55. The fourth-order valence-electron chi connectivity index (χ4n) is 2.34. The molecule has 1 aliphatic heterocycles. The smallest absolute Gasteiger partial charge is 0.371 e. The molecule has 4 heteroatoms. The van der Waals surface area contributed by atoms with Crippen molar-refractivity contribution in [1.82, 2.24) is 0 Å². The fourth-order valence-corrected chi connectivity index (χ4v) is 2.34. The van der Waals surface area contributed by atoms with E-state index in [0.29, 0.717) is 12.5 Å². The predicted molar refractivity (Wildman–Crippen MR) is 66.9 cm³/mol. The van der Waals surface area contributed by atoms with Crippen LogP contribution in [0.3, 0.4) is 0 Å². The largest absolute Gasteiger partial charge is 0.393 e. The van der Waals surface area contributed by atoms with Gasteiger partial charge in [-0.05, 0) is 30.0 Å². The fraction of sp³-hybridized carbons (Fsp3) is 0.571. The van der Waals surface area contributed by atoms with Crippen LogP contribution in [0.25, 0.3) is 0 Å². The number of halogens is 3. The van der Waals surface area contributed by atoms with E-state index in [4.69, 9.17) is 0 Å². The van der Waals surface area contributed by atoms with Gasteiger partial charge in [0.1, 0.15) is 0 Å². The number of hydrogen-bond acceptors (Lipinski definition) is 1. The Morgan fingerprint density at radius 1 is 1.28 bits per heavy atom. The molecule has 1 heterocycles. The maximum Gasteiger partial charge on any atom is 0.393 e. The molecule has 0 aromatic heterocycles. The quantitative estimate of drug-likeness (QED) is 0.767. The van der Waals surface area contributed by atoms with Crippen LogP contribution in [0.1, 0.15) is 31.7 Å². The van der Waals surface area contributed by atoms with Gasteiger partial charge in [0.15, 0.2) is 0 Å². The first kappa shape index (κ1) is 13.2. The molecule has 0 spiro atoms. The average molecular weight is 257 g/mol. The van der Waals surface area contributed by atoms with E-state index in [-0.39, 0.29) is 13.0 Å². The molecule has 1 fully saturated rings. The van der Waals surface area contributed by atoms with Crippen molar-refractivity contribution in [2.24, 2.45) is 5.92 Å². The topological polar surface area (TPSA) is 3.24 Å². The van der Waals surface area contributed by atoms with Crippen molar-refractivity contribution < 1.29 is 13.2 Å². The molecule has 0 bridgehead atoms. The maximum atomic E-state index is 12.6. The molecule has 1 aliphatic rings. The monoisotopic (exact) mass is 257 g/mol. The lowest BCUT2D eigenvalue weighted by Crippen LogP contribution is -2.27. The highest BCUT2D eigenvalue weighted by atomic mass is 19.4. The summed E-state index contributed by atoms with van der Waals surface area (Å²) < 4.78 is 37.9. The van der Waals surface area contributed by atoms with Gasteiger partial charge in [-0.1, -0.05) is 26.0 Å². The number of rotatable bonds is 2. The molecule has 2 rings (SSSR count). The normalized spacial score (nSPS) is 20.8. The molecule has 1 unspecified atom stereocenters. The van der Waals surface area contributed by atoms with Gasteiger partial charge < -0.3 is 4.90 Å². The molecule has 0 N–H and O–H groups in total. The SMILES string of the molecule is CC(C)c1cccc(N2CCC(C(F)(F)F)C2)c1. The van der Waals surface area contributed by atoms with Crippen molar-refractivity contribution in [3.05, 3.63) is 29.8 Å². The molecule has 100 valence electrons. The zero-order chi connectivity index (χ0) is 13.3. The highest BCUT2D eigenvalue weighted by molar-refractivity contribution is 5.50. The lowest BCUT2D eigenvalue weighted by Gasteiger charge is -2.21. The summed E-state index contributed by atoms with van der Waals surface area (Å²) in [7, 11) is 0. The van der Waals surface area contributed by atoms with Crippen LogP contribution < -0.4 is 4.90 Å². The Kier molecular flexibility index (Phi) is 3.55. The van der Waals surface area contributed by atoms with E-state index in [1.165, 1.54) is 5.56 Å². The predicted octanol–water partition coefficient (Wildman–Crippen LogP) is 4.20. The van der Waals surface area contributed by atoms with Crippen LogP contribution in [0.4, 0.5) is 18.9 Å². The maximum absolute atomic E-state index is 12.6. The number of nitrogens with zero attached hydrogens (tertiary/aromatic N) is 1. The van der Waals surface area contributed by atoms with Crippen LogP contribution in [-0.4, -0.2) is 19.3 Å². The summed E-state index contributed by atoms with van der Waals surface area (Å²) in [6, 6.07) is 7.84. The van der Waals surface area contributed by atoms with Gasteiger partial charge in [-0.2, -0.15) is 13.2 Å². The van der Waals surface area contributed by atoms with E-state index in [1.807, 2.05) is 29.2 Å². The molecule has 1 atom stereocenters. The first-order valence-corrected chi connectivity index (χ1v) is 6.29. The van der Waals surface area contributed by atoms with Crippen molar-refractivity contribution in [2.45, 2.75) is 32.4 Å². The molecular formula is C14H18F3N. The van der Waals surface area contributed by atoms with Gasteiger partial charge in [0.25, 0.3) is 0 Å². The Balaban J connectivity index is 2.12. The van der Waals surface area contributed by atoms with Gasteiger partial charge in [0.2, 0.25) is 0 Å². The Morgan fingerprint density at radius 3 is 2.56 bits per heavy atom. The lowest BCUT2D eigenvalue weighted by molar-refractivity contribution is -0.168. The summed E-state index contributed by atoms with van der Waals surface area (Å²) in [6.07, 6.45) is -3.86. The minimum atomic E-state index is -4.07. The van der Waals surface area contributed by atoms with Crippen LogP contribution in [0.2, 0.25) is 0 Å². The Bertz CT molecular complexity index is 412. The summed E-state index contributed by atoms with van der Waals surface area (Å²) >= 11 is 0. The summed E-state index contributed by atoms with van der Waals surface area (Å²) in [5.41, 5.74) is 2.08. The Labute approximate surface area is 106 Å². The van der Waals surface area contributed by atoms with Gasteiger partial charge >= 0.3 is 6.18 Å². The summed E-state index contributed by atoms with van der Waals surface area (Å²) in [6.45, 7) is 4.75. The highest BCUT2D eigenvalue weighted by Crippen LogP contribution is 2.35. The molecule has 0 saturated carbocycles. The molecule has 18 heavy (non-hydrogen) atoms. The number of hydrogen-bond donors (Lipinski definition) is 0. The Hall–Kier alpha value is -1.19. The zero-order valence-corrected chi connectivity index (χ0v) is 10.7. The van der Waals surface area contributed by atoms with Gasteiger partial charge in [0.05, 0.1) is 5.92 Å². The van der Waals surface area contributed by atoms with E-state index in [9.17, 15) is 13.2 Å². The molecule has 1 aromatic carbocycles. The molecule has 0 radical (unpaired) electrons. The number of benzene rings is 1. The Morgan fingerprint density at radius 2 is 2.00 bits per heavy atom. The van der Waals surface area contributed by atoms with Crippen LogP contribution in [0, 0.1) is 5.92 Å². The molecule has 1 aromatic rings. The van der Waals surface area contributed by atoms with Gasteiger partial charge in [-0.25, -0.2) is 0 Å². The minimum Gasteiger partial charge on any atom is -0.371 e. The van der Waals surface area contributed by atoms with Crippen LogP contribution in [0.5, 0.6) is 0 Å². The van der Waals surface area contributed by atoms with E-state index in [0.717, 1.165) is 5.69 Å². The van der Waals surface area contributed by atoms with E-state index in [2.05, 4.69) is 13.8 Å². The van der Waals surface area contributed by atoms with Crippen molar-refractivity contribution in [3.8, 4) is 0 Å². The first-order valence-electron chi connectivity index (χ1n) is 6.29. The van der Waals surface area contributed by atoms with Crippen LogP contribution in [0.15, 0.2) is 24.3 Å². The second-order valence-electron chi connectivity index (χ2n) is 5.22. The van der Waals surface area contributed by atoms with Crippen molar-refractivity contribution in [2.75, 3.05) is 18.0 Å². The minimum absolute atomic E-state index is 0.0883. The lowest BCUT2D eigenvalue weighted by atomic mass is 10.0. The van der Waals surface area contributed by atoms with Gasteiger partial charge in [0, 0.05) is 18.8 Å². The number of alkyl halides is 3. The van der Waals surface area contributed by atoms with E-state index >= 15 is 0 Å². The second-order valence-corrected chi connectivity index (χ2v) is 5.22. The van der Waals surface area contributed by atoms with E-state index in [1.54, 1.807) is 0 Å². The second kappa shape index (κ2) is 4.82. The summed E-state index contributed by atoms with van der Waals surface area (Å²) in [5, 5.41) is 0. The summed E-state index contributed by atoms with van der Waals surface area (Å²) in [5.74, 6) is -0.786. The third-order valence-electron chi connectivity index (χ3n) is 3.55. The first-order chi connectivity index (χ1) is 8.38. The molecule has 1 nitrogen and oxygen atoms in total. The standard InChI is InChI=1S/C14H18F3N/c1-10(2)11-4-3-5-13(8-11)18-7-6-12(9-18)14(15,16)17/h3-5,8,10,12H,6-7,9H2,1-2H3. The summed E-state index contributed by atoms with van der Waals surface area (Å²) in [4.78, 5) is 1.84. The number of anilines is 1. The highest BCUT2D eigenvalue weighted by Gasteiger charge is 2.43. The third kappa shape index (κ3) is 2.79. The van der Waals surface area contributed by atoms with Gasteiger partial charge in [-0.15, -0.1) is 0 Å². The molecule has 1 saturated heterocycles. The molecule has 0 aliphatic carbocycles. The molecule has 0 amide bonds. The van der Waals surface area contributed by atoms with Crippen molar-refractivity contribution in [3.63, 3.8) is 0 Å². The van der Waals surface area contributed by atoms with Crippen LogP contribution >= 0.6 is 0 Å². The van der Waals surface area contributed by atoms with Crippen molar-refractivity contribution in [1.29, 1.82) is 0 Å².